The van der Waals surface area contributed by atoms with Gasteiger partial charge in [0.15, 0.2) is 5.69 Å². The van der Waals surface area contributed by atoms with Crippen LogP contribution in [0, 0.1) is 12.7 Å². The first-order valence-corrected chi connectivity index (χ1v) is 11.3. The largest absolute Gasteiger partial charge is 0.320 e. The van der Waals surface area contributed by atoms with Gasteiger partial charge in [-0.15, -0.1) is 0 Å². The molecule has 0 radical (unpaired) electrons. The van der Waals surface area contributed by atoms with Crippen LogP contribution in [-0.2, 0) is 22.9 Å². The number of aromatic nitrogens is 2. The summed E-state index contributed by atoms with van der Waals surface area (Å²) in [5, 5.41) is 7.22. The molecule has 1 aliphatic carbocycles. The van der Waals surface area contributed by atoms with Gasteiger partial charge in [-0.25, -0.2) is 21.8 Å². The van der Waals surface area contributed by atoms with Crippen molar-refractivity contribution in [3.63, 3.8) is 0 Å². The van der Waals surface area contributed by atoms with Crippen LogP contribution in [0.2, 0.25) is 0 Å². The highest BCUT2D eigenvalue weighted by Gasteiger charge is 2.28. The molecule has 4 rings (SSSR count). The molecule has 9 heteroatoms. The fraction of sp³-hybridized carbons (Fsp3) is 0.273. The molecule has 0 saturated heterocycles. The van der Waals surface area contributed by atoms with Gasteiger partial charge in [-0.1, -0.05) is 18.2 Å². The Morgan fingerprint density at radius 1 is 1.16 bits per heavy atom. The number of carbonyl (C=O) groups is 1. The summed E-state index contributed by atoms with van der Waals surface area (Å²) >= 11 is 0. The van der Waals surface area contributed by atoms with Crippen LogP contribution < -0.4 is 5.32 Å². The van der Waals surface area contributed by atoms with Crippen LogP contribution >= 0.6 is 0 Å². The minimum absolute atomic E-state index is 0.0838. The molecule has 0 bridgehead atoms. The minimum atomic E-state index is -3.64. The predicted molar refractivity (Wildman–Crippen MR) is 116 cm³/mol. The topological polar surface area (TPSA) is 84.3 Å². The first-order chi connectivity index (χ1) is 14.7. The maximum absolute atomic E-state index is 14.4. The Hall–Kier alpha value is -3.04. The molecule has 0 aliphatic heterocycles. The fourth-order valence-electron chi connectivity index (χ4n) is 3.73. The lowest BCUT2D eigenvalue weighted by Gasteiger charge is -2.14. The van der Waals surface area contributed by atoms with Crippen molar-refractivity contribution in [2.75, 3.05) is 19.4 Å². The number of nitrogens with zero attached hydrogens (tertiary/aromatic N) is 3. The molecule has 2 aromatic carbocycles. The van der Waals surface area contributed by atoms with Gasteiger partial charge in [0.2, 0.25) is 10.0 Å². The number of nitrogens with one attached hydrogen (secondary N) is 1. The number of sulfonamides is 1. The van der Waals surface area contributed by atoms with Gasteiger partial charge in [0.05, 0.1) is 4.90 Å². The smallest absolute Gasteiger partial charge is 0.276 e. The number of aryl methyl sites for hydroxylation is 1. The van der Waals surface area contributed by atoms with E-state index < -0.39 is 21.7 Å². The molecule has 0 saturated carbocycles. The minimum Gasteiger partial charge on any atom is -0.320 e. The summed E-state index contributed by atoms with van der Waals surface area (Å²) in [4.78, 5) is 13.2. The normalized spacial score (nSPS) is 13.5. The van der Waals surface area contributed by atoms with Gasteiger partial charge in [-0.3, -0.25) is 4.79 Å². The van der Waals surface area contributed by atoms with Crippen LogP contribution in [0.1, 0.15) is 33.7 Å². The van der Waals surface area contributed by atoms with Crippen LogP contribution in [-0.4, -0.2) is 42.5 Å². The van der Waals surface area contributed by atoms with Crippen molar-refractivity contribution in [2.24, 2.45) is 0 Å². The standard InChI is InChI=1S/C22H23FN4O3S/c1-14-11-12-15(31(29,30)26(2)3)13-18(14)24-22(28)21-16-7-6-10-19(16)27(25-21)20-9-5-4-8-17(20)23/h4-5,8-9,11-13H,6-7,10H2,1-3H3,(H,24,28). The zero-order valence-corrected chi connectivity index (χ0v) is 18.3. The van der Waals surface area contributed by atoms with Crippen molar-refractivity contribution < 1.29 is 17.6 Å². The maximum atomic E-state index is 14.4. The Kier molecular flexibility index (Phi) is 5.40. The summed E-state index contributed by atoms with van der Waals surface area (Å²) in [7, 11) is -0.741. The molecule has 1 aliphatic rings. The van der Waals surface area contributed by atoms with E-state index in [9.17, 15) is 17.6 Å². The molecule has 7 nitrogen and oxygen atoms in total. The zero-order valence-electron chi connectivity index (χ0n) is 17.5. The SMILES string of the molecule is Cc1ccc(S(=O)(=O)N(C)C)cc1NC(=O)c1nn(-c2ccccc2F)c2c1CCC2. The average molecular weight is 443 g/mol. The molecule has 162 valence electrons. The second-order valence-corrected chi connectivity index (χ2v) is 9.86. The molecular formula is C22H23FN4O3S. The van der Waals surface area contributed by atoms with Crippen LogP contribution in [0.3, 0.4) is 0 Å². The lowest BCUT2D eigenvalue weighted by Crippen LogP contribution is -2.22. The second kappa shape index (κ2) is 7.90. The van der Waals surface area contributed by atoms with E-state index in [1.807, 2.05) is 0 Å². The van der Waals surface area contributed by atoms with Crippen molar-refractivity contribution in [1.82, 2.24) is 14.1 Å². The van der Waals surface area contributed by atoms with Crippen LogP contribution in [0.25, 0.3) is 5.69 Å². The first-order valence-electron chi connectivity index (χ1n) is 9.90. The monoisotopic (exact) mass is 442 g/mol. The van der Waals surface area contributed by atoms with Crippen molar-refractivity contribution in [1.29, 1.82) is 0 Å². The van der Waals surface area contributed by atoms with Crippen LogP contribution in [0.4, 0.5) is 10.1 Å². The lowest BCUT2D eigenvalue weighted by molar-refractivity contribution is 0.102. The molecule has 0 fully saturated rings. The number of carbonyl (C=O) groups excluding carboxylic acids is 1. The van der Waals surface area contributed by atoms with E-state index in [2.05, 4.69) is 10.4 Å². The van der Waals surface area contributed by atoms with Gasteiger partial charge >= 0.3 is 0 Å². The van der Waals surface area contributed by atoms with Crippen molar-refractivity contribution in [3.8, 4) is 5.69 Å². The van der Waals surface area contributed by atoms with E-state index in [1.54, 1.807) is 31.2 Å². The Morgan fingerprint density at radius 3 is 2.61 bits per heavy atom. The number of para-hydroxylation sites is 1. The molecule has 1 N–H and O–H groups in total. The molecule has 1 aromatic heterocycles. The molecule has 0 spiro atoms. The quantitative estimate of drug-likeness (QED) is 0.657. The summed E-state index contributed by atoms with van der Waals surface area (Å²) in [5.41, 5.74) is 3.27. The number of rotatable bonds is 5. The van der Waals surface area contributed by atoms with E-state index in [4.69, 9.17) is 0 Å². The third-order valence-electron chi connectivity index (χ3n) is 5.46. The summed E-state index contributed by atoms with van der Waals surface area (Å²) < 4.78 is 41.9. The number of hydrogen-bond donors (Lipinski definition) is 1. The van der Waals surface area contributed by atoms with Gasteiger partial charge < -0.3 is 5.32 Å². The Balaban J connectivity index is 1.71. The van der Waals surface area contributed by atoms with Gasteiger partial charge in [-0.05, 0) is 56.0 Å². The average Bonchev–Trinajstić information content (AvgIpc) is 3.32. The highest BCUT2D eigenvalue weighted by Crippen LogP contribution is 2.30. The molecule has 31 heavy (non-hydrogen) atoms. The Morgan fingerprint density at radius 2 is 1.90 bits per heavy atom. The number of amides is 1. The molecule has 0 unspecified atom stereocenters. The van der Waals surface area contributed by atoms with Crippen LogP contribution in [0.5, 0.6) is 0 Å². The van der Waals surface area contributed by atoms with Gasteiger partial charge in [0.25, 0.3) is 5.91 Å². The number of halogens is 1. The molecular weight excluding hydrogens is 419 g/mol. The second-order valence-electron chi connectivity index (χ2n) is 7.71. The number of fused-ring (bicyclic) bond motifs is 1. The molecule has 1 heterocycles. The molecule has 0 atom stereocenters. The number of anilines is 1. The summed E-state index contributed by atoms with van der Waals surface area (Å²) in [6.45, 7) is 1.78. The molecule has 3 aromatic rings. The Bertz CT molecular complexity index is 1280. The summed E-state index contributed by atoms with van der Waals surface area (Å²) in [6.07, 6.45) is 2.25. The van der Waals surface area contributed by atoms with Gasteiger partial charge in [0.1, 0.15) is 11.5 Å². The van der Waals surface area contributed by atoms with E-state index in [1.165, 1.54) is 37.0 Å². The van der Waals surface area contributed by atoms with Gasteiger partial charge in [0, 0.05) is 31.0 Å². The van der Waals surface area contributed by atoms with E-state index in [0.717, 1.165) is 27.5 Å². The first kappa shape index (κ1) is 21.2. The number of benzene rings is 2. The third-order valence-corrected chi connectivity index (χ3v) is 7.27. The Labute approximate surface area is 180 Å². The maximum Gasteiger partial charge on any atom is 0.276 e. The number of hydrogen-bond acceptors (Lipinski definition) is 4. The van der Waals surface area contributed by atoms with E-state index in [0.29, 0.717) is 24.2 Å². The predicted octanol–water partition coefficient (Wildman–Crippen LogP) is 3.31. The van der Waals surface area contributed by atoms with E-state index >= 15 is 0 Å². The van der Waals surface area contributed by atoms with Crippen molar-refractivity contribution in [2.45, 2.75) is 31.1 Å². The van der Waals surface area contributed by atoms with Crippen molar-refractivity contribution >= 4 is 21.6 Å². The lowest BCUT2D eigenvalue weighted by atomic mass is 10.1. The summed E-state index contributed by atoms with van der Waals surface area (Å²) in [6, 6.07) is 10.9. The highest BCUT2D eigenvalue weighted by molar-refractivity contribution is 7.89. The summed E-state index contributed by atoms with van der Waals surface area (Å²) in [5.74, 6) is -0.861. The molecule has 1 amide bonds. The van der Waals surface area contributed by atoms with Crippen molar-refractivity contribution in [3.05, 3.63) is 70.8 Å². The zero-order chi connectivity index (χ0) is 22.3. The highest BCUT2D eigenvalue weighted by atomic mass is 32.2. The van der Waals surface area contributed by atoms with E-state index in [-0.39, 0.29) is 10.6 Å². The van der Waals surface area contributed by atoms with Gasteiger partial charge in [-0.2, -0.15) is 5.10 Å². The van der Waals surface area contributed by atoms with Crippen LogP contribution in [0.15, 0.2) is 47.4 Å². The fourth-order valence-corrected chi connectivity index (χ4v) is 4.66. The third kappa shape index (κ3) is 3.75.